The van der Waals surface area contributed by atoms with Gasteiger partial charge in [0.05, 0.1) is 17.8 Å². The molecule has 0 aromatic carbocycles. The van der Waals surface area contributed by atoms with Crippen LogP contribution in [-0.4, -0.2) is 27.1 Å². The van der Waals surface area contributed by atoms with Gasteiger partial charge in [0.15, 0.2) is 0 Å². The van der Waals surface area contributed by atoms with E-state index >= 15 is 0 Å². The van der Waals surface area contributed by atoms with Crippen molar-refractivity contribution in [3.63, 3.8) is 0 Å². The first kappa shape index (κ1) is 13.1. The molecule has 90 valence electrons. The molecule has 0 bridgehead atoms. The van der Waals surface area contributed by atoms with E-state index in [4.69, 9.17) is 22.7 Å². The van der Waals surface area contributed by atoms with E-state index in [0.717, 1.165) is 12.1 Å². The molecule has 1 aromatic heterocycles. The van der Waals surface area contributed by atoms with Crippen molar-refractivity contribution in [2.75, 3.05) is 7.11 Å². The summed E-state index contributed by atoms with van der Waals surface area (Å²) in [7, 11) is 1.64. The smallest absolute Gasteiger partial charge is 0.145 e. The molecule has 0 aliphatic rings. The first-order chi connectivity index (χ1) is 7.52. The maximum Gasteiger partial charge on any atom is 0.145 e. The molecule has 0 aliphatic carbocycles. The van der Waals surface area contributed by atoms with Crippen LogP contribution in [0.15, 0.2) is 0 Å². The largest absolute Gasteiger partial charge is 0.388 e. The Morgan fingerprint density at radius 2 is 2.19 bits per heavy atom. The summed E-state index contributed by atoms with van der Waals surface area (Å²) in [6.45, 7) is 6.09. The van der Waals surface area contributed by atoms with Crippen LogP contribution in [0.3, 0.4) is 0 Å². The number of ether oxygens (including phenoxy) is 1. The molecule has 6 heteroatoms. The predicted molar refractivity (Wildman–Crippen MR) is 66.3 cm³/mol. The van der Waals surface area contributed by atoms with Gasteiger partial charge in [-0.15, -0.1) is 5.10 Å². The number of nitrogens with two attached hydrogens (primary N) is 1. The van der Waals surface area contributed by atoms with Crippen LogP contribution >= 0.6 is 12.2 Å². The average molecular weight is 242 g/mol. The molecule has 1 aromatic rings. The minimum atomic E-state index is -0.125. The van der Waals surface area contributed by atoms with E-state index in [2.05, 4.69) is 24.2 Å². The summed E-state index contributed by atoms with van der Waals surface area (Å²) in [6.07, 6.45) is 0.837. The fourth-order valence-corrected chi connectivity index (χ4v) is 1.61. The molecule has 1 heterocycles. The molecule has 0 fully saturated rings. The van der Waals surface area contributed by atoms with Gasteiger partial charge < -0.3 is 10.5 Å². The van der Waals surface area contributed by atoms with Gasteiger partial charge >= 0.3 is 0 Å². The zero-order valence-corrected chi connectivity index (χ0v) is 10.9. The van der Waals surface area contributed by atoms with Crippen molar-refractivity contribution in [3.05, 3.63) is 11.4 Å². The Morgan fingerprint density at radius 3 is 2.62 bits per heavy atom. The maximum atomic E-state index is 5.62. The topological polar surface area (TPSA) is 66.0 Å². The zero-order valence-electron chi connectivity index (χ0n) is 10.1. The summed E-state index contributed by atoms with van der Waals surface area (Å²) < 4.78 is 7.14. The molecule has 2 atom stereocenters. The molecule has 16 heavy (non-hydrogen) atoms. The summed E-state index contributed by atoms with van der Waals surface area (Å²) in [6, 6.07) is 0.253. The second-order valence-electron chi connectivity index (χ2n) is 3.77. The van der Waals surface area contributed by atoms with Crippen molar-refractivity contribution < 1.29 is 4.74 Å². The second-order valence-corrected chi connectivity index (χ2v) is 4.21. The van der Waals surface area contributed by atoms with Crippen molar-refractivity contribution in [3.8, 4) is 0 Å². The van der Waals surface area contributed by atoms with Crippen LogP contribution in [-0.2, 0) is 4.74 Å². The van der Waals surface area contributed by atoms with Crippen LogP contribution in [0.4, 0.5) is 0 Å². The highest BCUT2D eigenvalue weighted by atomic mass is 32.1. The van der Waals surface area contributed by atoms with Crippen LogP contribution in [0.1, 0.15) is 50.7 Å². The third kappa shape index (κ3) is 2.38. The van der Waals surface area contributed by atoms with E-state index in [1.807, 2.05) is 11.6 Å². The fraction of sp³-hybridized carbons (Fsp3) is 0.700. The molecule has 0 amide bonds. The van der Waals surface area contributed by atoms with E-state index in [-0.39, 0.29) is 17.1 Å². The van der Waals surface area contributed by atoms with Gasteiger partial charge in [0.1, 0.15) is 10.7 Å². The Balaban J connectivity index is 3.24. The van der Waals surface area contributed by atoms with E-state index in [0.29, 0.717) is 5.69 Å². The number of rotatable bonds is 5. The number of nitrogens with zero attached hydrogens (tertiary/aromatic N) is 3. The second kappa shape index (κ2) is 5.36. The Labute approximate surface area is 101 Å². The van der Waals surface area contributed by atoms with Crippen LogP contribution in [0.25, 0.3) is 0 Å². The van der Waals surface area contributed by atoms with Crippen LogP contribution in [0.5, 0.6) is 0 Å². The normalized spacial score (nSPS) is 14.8. The zero-order chi connectivity index (χ0) is 12.3. The van der Waals surface area contributed by atoms with Crippen molar-refractivity contribution in [2.45, 2.75) is 39.3 Å². The van der Waals surface area contributed by atoms with E-state index in [1.54, 1.807) is 7.11 Å². The van der Waals surface area contributed by atoms with Crippen LogP contribution in [0, 0.1) is 0 Å². The maximum absolute atomic E-state index is 5.62. The number of hydrogen-bond donors (Lipinski definition) is 1. The summed E-state index contributed by atoms with van der Waals surface area (Å²) >= 11 is 4.96. The SMILES string of the molecule is CCC(C)n1nnc(C(N)=S)c1C(C)OC. The lowest BCUT2D eigenvalue weighted by atomic mass is 10.2. The van der Waals surface area contributed by atoms with Crippen molar-refractivity contribution in [1.29, 1.82) is 0 Å². The van der Waals surface area contributed by atoms with E-state index in [1.165, 1.54) is 0 Å². The molecular weight excluding hydrogens is 224 g/mol. The lowest BCUT2D eigenvalue weighted by molar-refractivity contribution is 0.109. The number of hydrogen-bond acceptors (Lipinski definition) is 4. The van der Waals surface area contributed by atoms with Gasteiger partial charge in [-0.3, -0.25) is 0 Å². The van der Waals surface area contributed by atoms with Gasteiger partial charge in [0.2, 0.25) is 0 Å². The van der Waals surface area contributed by atoms with Crippen molar-refractivity contribution in [1.82, 2.24) is 15.0 Å². The Bertz CT molecular complexity index is 377. The average Bonchev–Trinajstić information content (AvgIpc) is 2.71. The Hall–Kier alpha value is -1.01. The summed E-state index contributed by atoms with van der Waals surface area (Å²) in [5.74, 6) is 0. The highest BCUT2D eigenvalue weighted by Gasteiger charge is 2.22. The molecule has 1 rings (SSSR count). The van der Waals surface area contributed by atoms with Crippen LogP contribution < -0.4 is 5.73 Å². The van der Waals surface area contributed by atoms with Crippen molar-refractivity contribution in [2.24, 2.45) is 5.73 Å². The van der Waals surface area contributed by atoms with Gasteiger partial charge in [0.25, 0.3) is 0 Å². The minimum Gasteiger partial charge on any atom is -0.388 e. The standard InChI is InChI=1S/C10H18N4OS/c1-5-6(2)14-9(7(3)15-4)8(10(11)16)12-13-14/h6-7H,5H2,1-4H3,(H2,11,16). The van der Waals surface area contributed by atoms with Gasteiger partial charge in [-0.1, -0.05) is 24.4 Å². The molecule has 2 N–H and O–H groups in total. The van der Waals surface area contributed by atoms with Crippen LogP contribution in [0.2, 0.25) is 0 Å². The molecule has 0 saturated carbocycles. The Morgan fingerprint density at radius 1 is 1.56 bits per heavy atom. The quantitative estimate of drug-likeness (QED) is 0.794. The lowest BCUT2D eigenvalue weighted by Gasteiger charge is -2.17. The first-order valence-corrected chi connectivity index (χ1v) is 5.71. The van der Waals surface area contributed by atoms with Gasteiger partial charge in [-0.05, 0) is 20.3 Å². The monoisotopic (exact) mass is 242 g/mol. The summed E-state index contributed by atoms with van der Waals surface area (Å²) in [5, 5.41) is 8.12. The molecule has 2 unspecified atom stereocenters. The molecular formula is C10H18N4OS. The third-order valence-electron chi connectivity index (χ3n) is 2.71. The number of methoxy groups -OCH3 is 1. The summed E-state index contributed by atoms with van der Waals surface area (Å²) in [5.41, 5.74) is 7.03. The predicted octanol–water partition coefficient (Wildman–Crippen LogP) is 1.59. The molecule has 0 radical (unpaired) electrons. The summed E-state index contributed by atoms with van der Waals surface area (Å²) in [4.78, 5) is 0.258. The van der Waals surface area contributed by atoms with E-state index in [9.17, 15) is 0 Å². The third-order valence-corrected chi connectivity index (χ3v) is 2.90. The minimum absolute atomic E-state index is 0.125. The van der Waals surface area contributed by atoms with E-state index < -0.39 is 0 Å². The van der Waals surface area contributed by atoms with Gasteiger partial charge in [-0.25, -0.2) is 4.68 Å². The van der Waals surface area contributed by atoms with Gasteiger partial charge in [-0.2, -0.15) is 0 Å². The highest BCUT2D eigenvalue weighted by molar-refractivity contribution is 7.80. The fourth-order valence-electron chi connectivity index (χ4n) is 1.47. The molecule has 5 nitrogen and oxygen atoms in total. The molecule has 0 saturated heterocycles. The highest BCUT2D eigenvalue weighted by Crippen LogP contribution is 2.23. The Kier molecular flexibility index (Phi) is 4.37. The van der Waals surface area contributed by atoms with Gasteiger partial charge in [0, 0.05) is 7.11 Å². The molecule has 0 aliphatic heterocycles. The molecule has 0 spiro atoms. The number of aromatic nitrogens is 3. The lowest BCUT2D eigenvalue weighted by Crippen LogP contribution is -2.18. The van der Waals surface area contributed by atoms with Crippen molar-refractivity contribution >= 4 is 17.2 Å². The first-order valence-electron chi connectivity index (χ1n) is 5.30. The number of thiocarbonyl (C=S) groups is 1.